The molecule has 3 aromatic rings. The molecular formula is C27H26N2O2. The van der Waals surface area contributed by atoms with E-state index < -0.39 is 0 Å². The molecule has 0 bridgehead atoms. The molecule has 0 aliphatic heterocycles. The Hall–Kier alpha value is -3.45. The van der Waals surface area contributed by atoms with E-state index in [9.17, 15) is 10.1 Å². The Labute approximate surface area is 183 Å². The summed E-state index contributed by atoms with van der Waals surface area (Å²) in [5.41, 5.74) is 7.12. The third kappa shape index (κ3) is 4.36. The lowest BCUT2D eigenvalue weighted by Gasteiger charge is -2.20. The molecule has 0 amide bonds. The zero-order valence-electron chi connectivity index (χ0n) is 18.1. The second kappa shape index (κ2) is 9.14. The smallest absolute Gasteiger partial charge is 0.160 e. The van der Waals surface area contributed by atoms with Gasteiger partial charge in [0.2, 0.25) is 0 Å². The molecule has 0 N–H and O–H groups in total. The lowest BCUT2D eigenvalue weighted by atomic mass is 9.92. The van der Waals surface area contributed by atoms with Crippen LogP contribution in [0, 0.1) is 11.3 Å². The van der Waals surface area contributed by atoms with E-state index in [0.717, 1.165) is 53.8 Å². The summed E-state index contributed by atoms with van der Waals surface area (Å²) in [6.07, 6.45) is 5.24. The van der Waals surface area contributed by atoms with Gasteiger partial charge in [0.25, 0.3) is 0 Å². The van der Waals surface area contributed by atoms with Gasteiger partial charge < -0.3 is 4.74 Å². The first-order chi connectivity index (χ1) is 15.1. The van der Waals surface area contributed by atoms with Crippen molar-refractivity contribution < 1.29 is 9.53 Å². The summed E-state index contributed by atoms with van der Waals surface area (Å²) in [5, 5.41) is 9.45. The number of aromatic nitrogens is 1. The van der Waals surface area contributed by atoms with Crippen LogP contribution in [0.5, 0.6) is 5.75 Å². The molecule has 4 heteroatoms. The van der Waals surface area contributed by atoms with Crippen molar-refractivity contribution in [3.63, 3.8) is 0 Å². The Morgan fingerprint density at radius 3 is 2.68 bits per heavy atom. The minimum absolute atomic E-state index is 0.0286. The number of pyridine rings is 1. The van der Waals surface area contributed by atoms with Crippen LogP contribution in [0.4, 0.5) is 0 Å². The van der Waals surface area contributed by atoms with Gasteiger partial charge in [-0.25, -0.2) is 0 Å². The van der Waals surface area contributed by atoms with Crippen LogP contribution in [0.2, 0.25) is 0 Å². The molecule has 4 rings (SSSR count). The lowest BCUT2D eigenvalue weighted by molar-refractivity contribution is 0.101. The van der Waals surface area contributed by atoms with E-state index in [0.29, 0.717) is 17.7 Å². The third-order valence-corrected chi connectivity index (χ3v) is 5.87. The van der Waals surface area contributed by atoms with E-state index in [1.54, 1.807) is 13.0 Å². The van der Waals surface area contributed by atoms with Gasteiger partial charge in [0.15, 0.2) is 5.78 Å². The van der Waals surface area contributed by atoms with Crippen LogP contribution >= 0.6 is 0 Å². The normalized spacial score (nSPS) is 12.7. The Balaban J connectivity index is 1.65. The van der Waals surface area contributed by atoms with Crippen molar-refractivity contribution in [3.8, 4) is 22.9 Å². The lowest BCUT2D eigenvalue weighted by Crippen LogP contribution is -2.10. The van der Waals surface area contributed by atoms with Gasteiger partial charge in [0, 0.05) is 34.1 Å². The monoisotopic (exact) mass is 410 g/mol. The Morgan fingerprint density at radius 1 is 1.10 bits per heavy atom. The highest BCUT2D eigenvalue weighted by Gasteiger charge is 2.18. The first-order valence-corrected chi connectivity index (χ1v) is 10.9. The molecule has 1 heterocycles. The Morgan fingerprint density at radius 2 is 1.90 bits per heavy atom. The number of ether oxygens (including phenoxy) is 1. The van der Waals surface area contributed by atoms with Gasteiger partial charge in [-0.1, -0.05) is 37.3 Å². The average Bonchev–Trinajstić information content (AvgIpc) is 2.82. The highest BCUT2D eigenvalue weighted by Crippen LogP contribution is 2.31. The quantitative estimate of drug-likeness (QED) is 0.479. The average molecular weight is 411 g/mol. The number of Topliss-reactive ketones (excluding diaryl/α,β-unsaturated/α-hetero) is 1. The van der Waals surface area contributed by atoms with Gasteiger partial charge >= 0.3 is 0 Å². The first kappa shape index (κ1) is 20.8. The molecule has 0 saturated heterocycles. The molecule has 0 atom stereocenters. The summed E-state index contributed by atoms with van der Waals surface area (Å²) in [7, 11) is 0. The predicted molar refractivity (Wildman–Crippen MR) is 121 cm³/mol. The van der Waals surface area contributed by atoms with E-state index in [-0.39, 0.29) is 5.78 Å². The molecule has 1 aromatic heterocycles. The number of rotatable bonds is 6. The molecule has 31 heavy (non-hydrogen) atoms. The van der Waals surface area contributed by atoms with Crippen LogP contribution in [0.1, 0.15) is 65.1 Å². The summed E-state index contributed by atoms with van der Waals surface area (Å²) in [4.78, 5) is 17.2. The molecule has 0 unspecified atom stereocenters. The minimum atomic E-state index is -0.0286. The molecule has 0 spiro atoms. The topological polar surface area (TPSA) is 63.0 Å². The van der Waals surface area contributed by atoms with Crippen molar-refractivity contribution in [2.24, 2.45) is 0 Å². The van der Waals surface area contributed by atoms with Crippen LogP contribution < -0.4 is 4.74 Å². The zero-order chi connectivity index (χ0) is 21.8. The number of nitrogens with zero attached hydrogens (tertiary/aromatic N) is 2. The van der Waals surface area contributed by atoms with Gasteiger partial charge in [-0.2, -0.15) is 5.26 Å². The van der Waals surface area contributed by atoms with Gasteiger partial charge in [-0.3, -0.25) is 9.78 Å². The van der Waals surface area contributed by atoms with Gasteiger partial charge in [-0.15, -0.1) is 0 Å². The maximum Gasteiger partial charge on any atom is 0.160 e. The van der Waals surface area contributed by atoms with Crippen molar-refractivity contribution in [2.45, 2.75) is 52.6 Å². The van der Waals surface area contributed by atoms with Crippen LogP contribution in [0.15, 0.2) is 48.5 Å². The minimum Gasteiger partial charge on any atom is -0.488 e. The maximum atomic E-state index is 12.4. The van der Waals surface area contributed by atoms with E-state index in [4.69, 9.17) is 9.72 Å². The molecule has 1 aliphatic rings. The van der Waals surface area contributed by atoms with Crippen LogP contribution in [0.25, 0.3) is 11.1 Å². The van der Waals surface area contributed by atoms with Crippen molar-refractivity contribution in [1.82, 2.24) is 4.98 Å². The third-order valence-electron chi connectivity index (χ3n) is 5.87. The molecule has 2 aromatic carbocycles. The summed E-state index contributed by atoms with van der Waals surface area (Å²) >= 11 is 0. The number of carbonyl (C=O) groups excluding carboxylic acids is 1. The van der Waals surface area contributed by atoms with Gasteiger partial charge in [-0.05, 0) is 62.3 Å². The Kier molecular flexibility index (Phi) is 6.13. The maximum absolute atomic E-state index is 12.4. The van der Waals surface area contributed by atoms with E-state index in [2.05, 4.69) is 19.1 Å². The van der Waals surface area contributed by atoms with E-state index in [1.807, 2.05) is 36.4 Å². The van der Waals surface area contributed by atoms with Crippen LogP contribution in [-0.4, -0.2) is 10.8 Å². The molecule has 0 radical (unpaired) electrons. The molecular weight excluding hydrogens is 384 g/mol. The molecule has 4 nitrogen and oxygen atoms in total. The van der Waals surface area contributed by atoms with Crippen molar-refractivity contribution in [1.29, 1.82) is 5.26 Å². The highest BCUT2D eigenvalue weighted by molar-refractivity contribution is 6.01. The fraction of sp³-hybridized carbons (Fsp3) is 0.296. The zero-order valence-corrected chi connectivity index (χ0v) is 18.1. The van der Waals surface area contributed by atoms with Crippen LogP contribution in [0.3, 0.4) is 0 Å². The van der Waals surface area contributed by atoms with Crippen molar-refractivity contribution in [2.75, 3.05) is 0 Å². The first-order valence-electron chi connectivity index (χ1n) is 10.9. The number of carbonyl (C=O) groups is 1. The molecule has 0 fully saturated rings. The Bertz CT molecular complexity index is 1170. The van der Waals surface area contributed by atoms with Gasteiger partial charge in [0.1, 0.15) is 12.4 Å². The summed E-state index contributed by atoms with van der Waals surface area (Å²) in [6, 6.07) is 17.4. The second-order valence-electron chi connectivity index (χ2n) is 7.98. The number of aryl methyl sites for hydroxylation is 2. The standard InChI is InChI=1S/C27H26N2O2/c1-3-21-15-27(24-10-6-7-11-26(24)29-21)31-17-19-12-13-23(25(14-19)18(2)30)22-9-5-4-8-20(22)16-28/h4-5,8-9,12-15H,3,6-7,10-11,17H2,1-2H3. The number of benzene rings is 2. The van der Waals surface area contributed by atoms with E-state index >= 15 is 0 Å². The number of nitriles is 1. The SMILES string of the molecule is CCc1cc(OCc2ccc(-c3ccccc3C#N)c(C(C)=O)c2)c2c(n1)CCCC2. The van der Waals surface area contributed by atoms with Crippen LogP contribution in [-0.2, 0) is 25.9 Å². The second-order valence-corrected chi connectivity index (χ2v) is 7.98. The number of ketones is 1. The van der Waals surface area contributed by atoms with E-state index in [1.165, 1.54) is 17.7 Å². The number of fused-ring (bicyclic) bond motifs is 1. The predicted octanol–water partition coefficient (Wildman–Crippen LogP) is 5.84. The summed E-state index contributed by atoms with van der Waals surface area (Å²) in [5.74, 6) is 0.893. The van der Waals surface area contributed by atoms with Gasteiger partial charge in [0.05, 0.1) is 11.6 Å². The highest BCUT2D eigenvalue weighted by atomic mass is 16.5. The number of hydrogen-bond acceptors (Lipinski definition) is 4. The van der Waals surface area contributed by atoms with Crippen molar-refractivity contribution >= 4 is 5.78 Å². The van der Waals surface area contributed by atoms with Crippen molar-refractivity contribution in [3.05, 3.63) is 82.2 Å². The summed E-state index contributed by atoms with van der Waals surface area (Å²) in [6.45, 7) is 4.06. The molecule has 1 aliphatic carbocycles. The fourth-order valence-corrected chi connectivity index (χ4v) is 4.22. The number of hydrogen-bond donors (Lipinski definition) is 0. The molecule has 0 saturated carbocycles. The molecule has 156 valence electrons. The fourth-order valence-electron chi connectivity index (χ4n) is 4.22. The summed E-state index contributed by atoms with van der Waals surface area (Å²) < 4.78 is 6.25. The largest absolute Gasteiger partial charge is 0.488 e.